The highest BCUT2D eigenvalue weighted by atomic mass is 19.1. The van der Waals surface area contributed by atoms with Gasteiger partial charge < -0.3 is 19.5 Å². The SMILES string of the molecule is Cc1cccc(CN(C(=O)c2ccc(F)cc2)C2CCC(NC(=O)C3CCN(C(=O)c4ccco4)CC3)CC2)c1. The lowest BCUT2D eigenvalue weighted by atomic mass is 9.88. The van der Waals surface area contributed by atoms with Crippen LogP contribution in [0.1, 0.15) is 70.6 Å². The topological polar surface area (TPSA) is 82.9 Å². The average molecular weight is 546 g/mol. The summed E-state index contributed by atoms with van der Waals surface area (Å²) >= 11 is 0. The average Bonchev–Trinajstić information content (AvgIpc) is 3.51. The van der Waals surface area contributed by atoms with E-state index in [0.29, 0.717) is 43.8 Å². The first-order valence-electron chi connectivity index (χ1n) is 14.1. The molecule has 2 aromatic carbocycles. The molecule has 3 amide bonds. The maximum Gasteiger partial charge on any atom is 0.289 e. The summed E-state index contributed by atoms with van der Waals surface area (Å²) in [6.45, 7) is 3.58. The van der Waals surface area contributed by atoms with E-state index in [0.717, 1.165) is 36.8 Å². The van der Waals surface area contributed by atoms with Crippen molar-refractivity contribution in [1.82, 2.24) is 15.1 Å². The van der Waals surface area contributed by atoms with Crippen LogP contribution in [0, 0.1) is 18.7 Å². The number of nitrogens with zero attached hydrogens (tertiary/aromatic N) is 2. The lowest BCUT2D eigenvalue weighted by Gasteiger charge is -2.38. The van der Waals surface area contributed by atoms with Gasteiger partial charge in [0.25, 0.3) is 11.8 Å². The number of hydrogen-bond acceptors (Lipinski definition) is 4. The van der Waals surface area contributed by atoms with Crippen LogP contribution in [0.5, 0.6) is 0 Å². The van der Waals surface area contributed by atoms with Crippen molar-refractivity contribution in [2.24, 2.45) is 5.92 Å². The summed E-state index contributed by atoms with van der Waals surface area (Å²) in [5, 5.41) is 3.24. The molecule has 0 radical (unpaired) electrons. The van der Waals surface area contributed by atoms with Crippen molar-refractivity contribution < 1.29 is 23.2 Å². The van der Waals surface area contributed by atoms with Crippen LogP contribution in [-0.2, 0) is 11.3 Å². The maximum absolute atomic E-state index is 13.6. The zero-order chi connectivity index (χ0) is 28.1. The molecule has 210 valence electrons. The van der Waals surface area contributed by atoms with Crippen molar-refractivity contribution in [3.63, 3.8) is 0 Å². The number of furan rings is 1. The van der Waals surface area contributed by atoms with Gasteiger partial charge in [0.05, 0.1) is 6.26 Å². The van der Waals surface area contributed by atoms with E-state index < -0.39 is 0 Å². The van der Waals surface area contributed by atoms with Crippen molar-refractivity contribution in [2.75, 3.05) is 13.1 Å². The zero-order valence-corrected chi connectivity index (χ0v) is 22.9. The third kappa shape index (κ3) is 6.61. The molecule has 2 heterocycles. The third-order valence-electron chi connectivity index (χ3n) is 8.16. The number of amides is 3. The molecular weight excluding hydrogens is 509 g/mol. The van der Waals surface area contributed by atoms with E-state index >= 15 is 0 Å². The fourth-order valence-corrected chi connectivity index (χ4v) is 5.88. The summed E-state index contributed by atoms with van der Waals surface area (Å²) in [4.78, 5) is 42.8. The van der Waals surface area contributed by atoms with Crippen molar-refractivity contribution >= 4 is 17.7 Å². The highest BCUT2D eigenvalue weighted by Gasteiger charge is 2.33. The number of carbonyl (C=O) groups is 3. The Balaban J connectivity index is 1.16. The van der Waals surface area contributed by atoms with Gasteiger partial charge in [-0.15, -0.1) is 0 Å². The number of nitrogens with one attached hydrogen (secondary N) is 1. The number of hydrogen-bond donors (Lipinski definition) is 1. The second-order valence-corrected chi connectivity index (χ2v) is 11.0. The Hall–Kier alpha value is -3.94. The van der Waals surface area contributed by atoms with E-state index in [1.807, 2.05) is 30.0 Å². The largest absolute Gasteiger partial charge is 0.459 e. The minimum Gasteiger partial charge on any atom is -0.459 e. The van der Waals surface area contributed by atoms with E-state index in [-0.39, 0.29) is 41.5 Å². The predicted molar refractivity (Wildman–Crippen MR) is 149 cm³/mol. The number of carbonyl (C=O) groups excluding carboxylic acids is 3. The van der Waals surface area contributed by atoms with Crippen LogP contribution in [0.25, 0.3) is 0 Å². The molecule has 1 saturated carbocycles. The number of rotatable bonds is 7. The number of aryl methyl sites for hydroxylation is 1. The van der Waals surface area contributed by atoms with Gasteiger partial charge in [-0.2, -0.15) is 0 Å². The van der Waals surface area contributed by atoms with Crippen LogP contribution in [-0.4, -0.2) is 52.7 Å². The van der Waals surface area contributed by atoms with Crippen molar-refractivity contribution in [3.05, 3.63) is 95.2 Å². The van der Waals surface area contributed by atoms with Gasteiger partial charge >= 0.3 is 0 Å². The monoisotopic (exact) mass is 545 g/mol. The molecule has 3 aromatic rings. The van der Waals surface area contributed by atoms with Gasteiger partial charge in [-0.3, -0.25) is 14.4 Å². The summed E-state index contributed by atoms with van der Waals surface area (Å²) in [7, 11) is 0. The highest BCUT2D eigenvalue weighted by molar-refractivity contribution is 5.94. The molecule has 7 nitrogen and oxygen atoms in total. The Morgan fingerprint density at radius 2 is 1.68 bits per heavy atom. The van der Waals surface area contributed by atoms with Crippen molar-refractivity contribution in [3.8, 4) is 0 Å². The van der Waals surface area contributed by atoms with Crippen molar-refractivity contribution in [1.29, 1.82) is 0 Å². The fraction of sp³-hybridized carbons (Fsp3) is 0.406. The molecule has 1 aliphatic carbocycles. The van der Waals surface area contributed by atoms with Gasteiger partial charge in [0.15, 0.2) is 5.76 Å². The highest BCUT2D eigenvalue weighted by Crippen LogP contribution is 2.28. The lowest BCUT2D eigenvalue weighted by Crippen LogP contribution is -2.48. The number of piperidine rings is 1. The molecule has 1 N–H and O–H groups in total. The number of benzene rings is 2. The molecule has 0 atom stereocenters. The minimum absolute atomic E-state index is 0.0297. The molecule has 0 unspecified atom stereocenters. The Labute approximate surface area is 234 Å². The first-order valence-corrected chi connectivity index (χ1v) is 14.1. The lowest BCUT2D eigenvalue weighted by molar-refractivity contribution is -0.127. The summed E-state index contributed by atoms with van der Waals surface area (Å²) in [5.41, 5.74) is 2.67. The number of halogens is 1. The first kappa shape index (κ1) is 27.6. The first-order chi connectivity index (χ1) is 19.4. The van der Waals surface area contributed by atoms with Gasteiger partial charge in [0, 0.05) is 43.2 Å². The molecule has 1 aromatic heterocycles. The minimum atomic E-state index is -0.368. The van der Waals surface area contributed by atoms with Crippen LogP contribution in [0.2, 0.25) is 0 Å². The van der Waals surface area contributed by atoms with E-state index in [1.165, 1.54) is 18.4 Å². The van der Waals surface area contributed by atoms with Crippen molar-refractivity contribution in [2.45, 2.75) is 64.1 Å². The van der Waals surface area contributed by atoms with E-state index in [1.54, 1.807) is 29.2 Å². The third-order valence-corrected chi connectivity index (χ3v) is 8.16. The Morgan fingerprint density at radius 3 is 2.33 bits per heavy atom. The predicted octanol–water partition coefficient (Wildman–Crippen LogP) is 5.35. The van der Waals surface area contributed by atoms with Crippen LogP contribution < -0.4 is 5.32 Å². The molecule has 0 bridgehead atoms. The summed E-state index contributed by atoms with van der Waals surface area (Å²) in [6, 6.07) is 17.3. The molecule has 5 rings (SSSR count). The molecular formula is C32H36FN3O4. The van der Waals surface area contributed by atoms with Crippen LogP contribution in [0.4, 0.5) is 4.39 Å². The molecule has 40 heavy (non-hydrogen) atoms. The molecule has 0 spiro atoms. The van der Waals surface area contributed by atoms with Gasteiger partial charge in [-0.25, -0.2) is 4.39 Å². The summed E-state index contributed by atoms with van der Waals surface area (Å²) in [5.74, 6) is -0.344. The quantitative estimate of drug-likeness (QED) is 0.434. The smallest absolute Gasteiger partial charge is 0.289 e. The van der Waals surface area contributed by atoms with Crippen LogP contribution in [0.15, 0.2) is 71.3 Å². The van der Waals surface area contributed by atoms with E-state index in [2.05, 4.69) is 11.4 Å². The molecule has 1 saturated heterocycles. The molecule has 8 heteroatoms. The molecule has 2 aliphatic rings. The van der Waals surface area contributed by atoms with Crippen LogP contribution >= 0.6 is 0 Å². The van der Waals surface area contributed by atoms with E-state index in [4.69, 9.17) is 4.42 Å². The normalized spacial score (nSPS) is 19.7. The maximum atomic E-state index is 13.6. The second kappa shape index (κ2) is 12.5. The Morgan fingerprint density at radius 1 is 0.950 bits per heavy atom. The molecule has 1 aliphatic heterocycles. The fourth-order valence-electron chi connectivity index (χ4n) is 5.88. The Bertz CT molecular complexity index is 1310. The number of likely N-dealkylation sites (tertiary alicyclic amines) is 1. The summed E-state index contributed by atoms with van der Waals surface area (Å²) < 4.78 is 18.7. The zero-order valence-electron chi connectivity index (χ0n) is 22.9. The Kier molecular flexibility index (Phi) is 8.63. The van der Waals surface area contributed by atoms with Gasteiger partial charge in [0.1, 0.15) is 5.82 Å². The second-order valence-electron chi connectivity index (χ2n) is 11.0. The van der Waals surface area contributed by atoms with Gasteiger partial charge in [0.2, 0.25) is 5.91 Å². The van der Waals surface area contributed by atoms with Gasteiger partial charge in [-0.05, 0) is 87.4 Å². The standard InChI is InChI=1S/C32H36FN3O4/c1-22-4-2-5-23(20-22)21-36(31(38)25-7-9-26(33)10-8-25)28-13-11-27(12-14-28)34-30(37)24-15-17-35(18-16-24)32(39)29-6-3-19-40-29/h2-10,19-20,24,27-28H,11-18,21H2,1H3,(H,34,37). The summed E-state index contributed by atoms with van der Waals surface area (Å²) in [6.07, 6.45) is 5.87. The van der Waals surface area contributed by atoms with Crippen LogP contribution in [0.3, 0.4) is 0 Å². The van der Waals surface area contributed by atoms with Gasteiger partial charge in [-0.1, -0.05) is 29.8 Å². The molecule has 2 fully saturated rings. The van der Waals surface area contributed by atoms with E-state index in [9.17, 15) is 18.8 Å².